The second-order valence-electron chi connectivity index (χ2n) is 5.39. The standard InChI is InChI=1S/C15H20FNO/c1-10-3-7-13(8-4-10)17-15(18)14-9-12(16)6-5-11(14)2/h5-6,9-10,13H,3-4,7-8H2,1-2H3,(H,17,18). The molecule has 0 spiro atoms. The molecule has 0 bridgehead atoms. The van der Waals surface area contributed by atoms with Crippen LogP contribution in [-0.2, 0) is 0 Å². The van der Waals surface area contributed by atoms with Gasteiger partial charge < -0.3 is 5.32 Å². The first kappa shape index (κ1) is 13.1. The van der Waals surface area contributed by atoms with E-state index in [2.05, 4.69) is 12.2 Å². The molecular weight excluding hydrogens is 229 g/mol. The van der Waals surface area contributed by atoms with Crippen molar-refractivity contribution >= 4 is 5.91 Å². The lowest BCUT2D eigenvalue weighted by Crippen LogP contribution is -2.37. The van der Waals surface area contributed by atoms with Crippen molar-refractivity contribution in [2.45, 2.75) is 45.6 Å². The summed E-state index contributed by atoms with van der Waals surface area (Å²) >= 11 is 0. The third-order valence-electron chi connectivity index (χ3n) is 3.80. The van der Waals surface area contributed by atoms with Crippen molar-refractivity contribution in [3.8, 4) is 0 Å². The molecule has 98 valence electrons. The zero-order valence-corrected chi connectivity index (χ0v) is 11.0. The Bertz CT molecular complexity index is 436. The van der Waals surface area contributed by atoms with Gasteiger partial charge in [0.05, 0.1) is 0 Å². The van der Waals surface area contributed by atoms with Gasteiger partial charge in [0.25, 0.3) is 5.91 Å². The van der Waals surface area contributed by atoms with Gasteiger partial charge in [-0.05, 0) is 56.2 Å². The van der Waals surface area contributed by atoms with Crippen molar-refractivity contribution in [2.75, 3.05) is 0 Å². The fourth-order valence-corrected chi connectivity index (χ4v) is 2.51. The largest absolute Gasteiger partial charge is 0.349 e. The van der Waals surface area contributed by atoms with Gasteiger partial charge in [0, 0.05) is 11.6 Å². The molecule has 0 atom stereocenters. The smallest absolute Gasteiger partial charge is 0.251 e. The highest BCUT2D eigenvalue weighted by Crippen LogP contribution is 2.23. The number of hydrogen-bond donors (Lipinski definition) is 1. The van der Waals surface area contributed by atoms with Gasteiger partial charge in [0.1, 0.15) is 5.82 Å². The van der Waals surface area contributed by atoms with E-state index in [4.69, 9.17) is 0 Å². The van der Waals surface area contributed by atoms with E-state index in [0.717, 1.165) is 37.2 Å². The highest BCUT2D eigenvalue weighted by Gasteiger charge is 2.21. The number of amides is 1. The summed E-state index contributed by atoms with van der Waals surface area (Å²) in [5.41, 5.74) is 1.27. The first-order valence-corrected chi connectivity index (χ1v) is 6.63. The van der Waals surface area contributed by atoms with E-state index in [-0.39, 0.29) is 17.8 Å². The molecule has 0 saturated heterocycles. The molecule has 1 aliphatic rings. The maximum Gasteiger partial charge on any atom is 0.251 e. The zero-order chi connectivity index (χ0) is 13.1. The van der Waals surface area contributed by atoms with E-state index in [1.54, 1.807) is 6.07 Å². The predicted molar refractivity (Wildman–Crippen MR) is 70.0 cm³/mol. The van der Waals surface area contributed by atoms with Crippen molar-refractivity contribution in [1.82, 2.24) is 5.32 Å². The summed E-state index contributed by atoms with van der Waals surface area (Å²) in [4.78, 5) is 12.1. The number of hydrogen-bond acceptors (Lipinski definition) is 1. The van der Waals surface area contributed by atoms with E-state index in [1.807, 2.05) is 6.92 Å². The van der Waals surface area contributed by atoms with Crippen molar-refractivity contribution in [3.63, 3.8) is 0 Å². The summed E-state index contributed by atoms with van der Waals surface area (Å²) in [5, 5.41) is 3.02. The minimum atomic E-state index is -0.358. The van der Waals surface area contributed by atoms with Crippen molar-refractivity contribution < 1.29 is 9.18 Å². The van der Waals surface area contributed by atoms with Gasteiger partial charge in [-0.2, -0.15) is 0 Å². The number of carbonyl (C=O) groups is 1. The van der Waals surface area contributed by atoms with Gasteiger partial charge in [0.2, 0.25) is 0 Å². The van der Waals surface area contributed by atoms with E-state index in [1.165, 1.54) is 12.1 Å². The highest BCUT2D eigenvalue weighted by atomic mass is 19.1. The number of carbonyl (C=O) groups excluding carboxylic acids is 1. The maximum absolute atomic E-state index is 13.2. The van der Waals surface area contributed by atoms with Gasteiger partial charge in [-0.1, -0.05) is 13.0 Å². The minimum Gasteiger partial charge on any atom is -0.349 e. The molecule has 1 N–H and O–H groups in total. The fraction of sp³-hybridized carbons (Fsp3) is 0.533. The second kappa shape index (κ2) is 5.51. The summed E-state index contributed by atoms with van der Waals surface area (Å²) in [5.74, 6) is 0.253. The van der Waals surface area contributed by atoms with Crippen LogP contribution >= 0.6 is 0 Å². The average molecular weight is 249 g/mol. The van der Waals surface area contributed by atoms with Crippen LogP contribution < -0.4 is 5.32 Å². The van der Waals surface area contributed by atoms with Gasteiger partial charge in [-0.25, -0.2) is 4.39 Å². The average Bonchev–Trinajstić information content (AvgIpc) is 2.35. The Morgan fingerprint density at radius 1 is 1.28 bits per heavy atom. The molecule has 0 aliphatic heterocycles. The monoisotopic (exact) mass is 249 g/mol. The molecular formula is C15H20FNO. The molecule has 1 saturated carbocycles. The Morgan fingerprint density at radius 2 is 1.94 bits per heavy atom. The third-order valence-corrected chi connectivity index (χ3v) is 3.80. The second-order valence-corrected chi connectivity index (χ2v) is 5.39. The van der Waals surface area contributed by atoms with E-state index < -0.39 is 0 Å². The van der Waals surface area contributed by atoms with E-state index in [0.29, 0.717) is 5.56 Å². The number of halogens is 1. The number of benzene rings is 1. The summed E-state index contributed by atoms with van der Waals surface area (Å²) in [6.07, 6.45) is 4.38. The Hall–Kier alpha value is -1.38. The normalized spacial score (nSPS) is 23.7. The van der Waals surface area contributed by atoms with Gasteiger partial charge in [-0.3, -0.25) is 4.79 Å². The van der Waals surface area contributed by atoms with E-state index in [9.17, 15) is 9.18 Å². The molecule has 2 rings (SSSR count). The lowest BCUT2D eigenvalue weighted by atomic mass is 9.87. The first-order valence-electron chi connectivity index (χ1n) is 6.63. The van der Waals surface area contributed by atoms with Crippen LogP contribution in [0.15, 0.2) is 18.2 Å². The first-order chi connectivity index (χ1) is 8.56. The summed E-state index contributed by atoms with van der Waals surface area (Å²) < 4.78 is 13.2. The van der Waals surface area contributed by atoms with Crippen LogP contribution in [0.3, 0.4) is 0 Å². The molecule has 0 unspecified atom stereocenters. The topological polar surface area (TPSA) is 29.1 Å². The Balaban J connectivity index is 2.01. The highest BCUT2D eigenvalue weighted by molar-refractivity contribution is 5.95. The molecule has 0 heterocycles. The fourth-order valence-electron chi connectivity index (χ4n) is 2.51. The van der Waals surface area contributed by atoms with Crippen LogP contribution in [0.5, 0.6) is 0 Å². The molecule has 1 aromatic rings. The van der Waals surface area contributed by atoms with Crippen molar-refractivity contribution in [1.29, 1.82) is 0 Å². The van der Waals surface area contributed by atoms with Gasteiger partial charge in [0.15, 0.2) is 0 Å². The summed E-state index contributed by atoms with van der Waals surface area (Å²) in [6.45, 7) is 4.08. The van der Waals surface area contributed by atoms with Crippen LogP contribution in [0.1, 0.15) is 48.5 Å². The quantitative estimate of drug-likeness (QED) is 0.854. The number of nitrogens with one attached hydrogen (secondary N) is 1. The maximum atomic E-state index is 13.2. The van der Waals surface area contributed by atoms with Crippen LogP contribution in [0.2, 0.25) is 0 Å². The summed E-state index contributed by atoms with van der Waals surface area (Å²) in [6, 6.07) is 4.59. The molecule has 3 heteroatoms. The predicted octanol–water partition coefficient (Wildman–Crippen LogP) is 3.44. The Kier molecular flexibility index (Phi) is 4.00. The molecule has 1 aliphatic carbocycles. The Morgan fingerprint density at radius 3 is 2.61 bits per heavy atom. The molecule has 2 nitrogen and oxygen atoms in total. The molecule has 1 aromatic carbocycles. The Labute approximate surface area is 108 Å². The number of rotatable bonds is 2. The number of aryl methyl sites for hydroxylation is 1. The van der Waals surface area contributed by atoms with Gasteiger partial charge >= 0.3 is 0 Å². The van der Waals surface area contributed by atoms with Crippen LogP contribution in [0, 0.1) is 18.7 Å². The SMILES string of the molecule is Cc1ccc(F)cc1C(=O)NC1CCC(C)CC1. The van der Waals surface area contributed by atoms with E-state index >= 15 is 0 Å². The lowest BCUT2D eigenvalue weighted by Gasteiger charge is -2.27. The molecule has 1 amide bonds. The van der Waals surface area contributed by atoms with Crippen LogP contribution in [0.25, 0.3) is 0 Å². The molecule has 0 radical (unpaired) electrons. The minimum absolute atomic E-state index is 0.147. The lowest BCUT2D eigenvalue weighted by molar-refractivity contribution is 0.0922. The van der Waals surface area contributed by atoms with Crippen molar-refractivity contribution in [2.24, 2.45) is 5.92 Å². The third kappa shape index (κ3) is 3.09. The molecule has 18 heavy (non-hydrogen) atoms. The van der Waals surface area contributed by atoms with Crippen LogP contribution in [-0.4, -0.2) is 11.9 Å². The van der Waals surface area contributed by atoms with Gasteiger partial charge in [-0.15, -0.1) is 0 Å². The van der Waals surface area contributed by atoms with Crippen LogP contribution in [0.4, 0.5) is 4.39 Å². The zero-order valence-electron chi connectivity index (χ0n) is 11.0. The molecule has 1 fully saturated rings. The summed E-state index contributed by atoms with van der Waals surface area (Å²) in [7, 11) is 0. The van der Waals surface area contributed by atoms with Crippen molar-refractivity contribution in [3.05, 3.63) is 35.1 Å². The molecule has 0 aromatic heterocycles.